The van der Waals surface area contributed by atoms with E-state index in [2.05, 4.69) is 10.2 Å². The largest absolute Gasteiger partial charge is 0.481 e. The van der Waals surface area contributed by atoms with Crippen molar-refractivity contribution in [1.29, 1.82) is 0 Å². The van der Waals surface area contributed by atoms with E-state index in [1.807, 2.05) is 31.2 Å². The van der Waals surface area contributed by atoms with E-state index in [9.17, 15) is 4.79 Å². The van der Waals surface area contributed by atoms with Crippen molar-refractivity contribution in [3.05, 3.63) is 42.0 Å². The molecule has 16 heavy (non-hydrogen) atoms. The Morgan fingerprint density at radius 1 is 1.50 bits per heavy atom. The Bertz CT molecular complexity index is 519. The van der Waals surface area contributed by atoms with E-state index in [-0.39, 0.29) is 6.42 Å². The monoisotopic (exact) mass is 217 g/mol. The second-order valence-electron chi connectivity index (χ2n) is 3.53. The molecule has 0 amide bonds. The molecule has 5 heteroatoms. The predicted octanol–water partition coefficient (Wildman–Crippen LogP) is 1.20. The summed E-state index contributed by atoms with van der Waals surface area (Å²) in [6, 6.07) is 7.73. The van der Waals surface area contributed by atoms with Gasteiger partial charge in [-0.05, 0) is 24.6 Å². The molecular formula is C11H11N3O2. The van der Waals surface area contributed by atoms with Crippen LogP contribution in [0.5, 0.6) is 0 Å². The van der Waals surface area contributed by atoms with Crippen LogP contribution in [0.1, 0.15) is 11.4 Å². The number of aryl methyl sites for hydroxylation is 1. The fourth-order valence-corrected chi connectivity index (χ4v) is 1.51. The van der Waals surface area contributed by atoms with E-state index in [4.69, 9.17) is 5.11 Å². The van der Waals surface area contributed by atoms with Crippen LogP contribution in [0.3, 0.4) is 0 Å². The minimum atomic E-state index is -0.915. The van der Waals surface area contributed by atoms with Crippen LogP contribution in [0.15, 0.2) is 30.6 Å². The molecule has 1 aromatic heterocycles. The average molecular weight is 217 g/mol. The summed E-state index contributed by atoms with van der Waals surface area (Å²) in [5.74, 6) is -0.486. The molecule has 0 unspecified atom stereocenters. The zero-order chi connectivity index (χ0) is 11.5. The first kappa shape index (κ1) is 10.4. The van der Waals surface area contributed by atoms with Crippen molar-refractivity contribution >= 4 is 5.97 Å². The van der Waals surface area contributed by atoms with Gasteiger partial charge in [0.25, 0.3) is 0 Å². The summed E-state index contributed by atoms with van der Waals surface area (Å²) in [6.07, 6.45) is 1.39. The van der Waals surface area contributed by atoms with Gasteiger partial charge in [0.05, 0.1) is 0 Å². The van der Waals surface area contributed by atoms with Gasteiger partial charge in [0.15, 0.2) is 0 Å². The lowest BCUT2D eigenvalue weighted by atomic mass is 10.2. The van der Waals surface area contributed by atoms with Crippen LogP contribution in [-0.4, -0.2) is 25.8 Å². The lowest BCUT2D eigenvalue weighted by molar-refractivity contribution is -0.136. The van der Waals surface area contributed by atoms with Gasteiger partial charge < -0.3 is 5.11 Å². The number of hydrogen-bond donors (Lipinski definition) is 1. The average Bonchev–Trinajstić information content (AvgIpc) is 2.65. The number of nitrogens with zero attached hydrogens (tertiary/aromatic N) is 3. The molecule has 0 bridgehead atoms. The summed E-state index contributed by atoms with van der Waals surface area (Å²) in [5.41, 5.74) is 1.98. The topological polar surface area (TPSA) is 68.0 Å². The Labute approximate surface area is 92.4 Å². The molecule has 0 aliphatic heterocycles. The second kappa shape index (κ2) is 4.14. The first-order valence-electron chi connectivity index (χ1n) is 4.84. The van der Waals surface area contributed by atoms with Crippen molar-refractivity contribution in [3.8, 4) is 5.69 Å². The maximum atomic E-state index is 10.6. The quantitative estimate of drug-likeness (QED) is 0.838. The summed E-state index contributed by atoms with van der Waals surface area (Å²) < 4.78 is 1.68. The highest BCUT2D eigenvalue weighted by molar-refractivity contribution is 5.69. The SMILES string of the molecule is Cc1cccc(-n2cnnc2CC(=O)O)c1. The van der Waals surface area contributed by atoms with Crippen molar-refractivity contribution in [2.75, 3.05) is 0 Å². The summed E-state index contributed by atoms with van der Waals surface area (Å²) in [6.45, 7) is 1.98. The number of carboxylic acids is 1. The molecule has 1 heterocycles. The Morgan fingerprint density at radius 3 is 3.00 bits per heavy atom. The third-order valence-corrected chi connectivity index (χ3v) is 2.21. The minimum absolute atomic E-state index is 0.131. The summed E-state index contributed by atoms with van der Waals surface area (Å²) in [4.78, 5) is 10.6. The maximum Gasteiger partial charge on any atom is 0.311 e. The molecule has 5 nitrogen and oxygen atoms in total. The molecule has 0 spiro atoms. The van der Waals surface area contributed by atoms with Crippen molar-refractivity contribution in [3.63, 3.8) is 0 Å². The van der Waals surface area contributed by atoms with Gasteiger partial charge in [0.2, 0.25) is 0 Å². The molecule has 2 aromatic rings. The van der Waals surface area contributed by atoms with Crippen molar-refractivity contribution in [1.82, 2.24) is 14.8 Å². The smallest absolute Gasteiger partial charge is 0.311 e. The van der Waals surface area contributed by atoms with Crippen LogP contribution >= 0.6 is 0 Å². The first-order valence-corrected chi connectivity index (χ1v) is 4.84. The summed E-state index contributed by atoms with van der Waals surface area (Å²) >= 11 is 0. The Balaban J connectivity index is 2.40. The minimum Gasteiger partial charge on any atom is -0.481 e. The maximum absolute atomic E-state index is 10.6. The van der Waals surface area contributed by atoms with Gasteiger partial charge in [0, 0.05) is 5.69 Å². The predicted molar refractivity (Wildman–Crippen MR) is 57.4 cm³/mol. The number of hydrogen-bond acceptors (Lipinski definition) is 3. The molecule has 2 rings (SSSR count). The highest BCUT2D eigenvalue weighted by Gasteiger charge is 2.09. The van der Waals surface area contributed by atoms with Gasteiger partial charge in [-0.1, -0.05) is 12.1 Å². The summed E-state index contributed by atoms with van der Waals surface area (Å²) in [5, 5.41) is 16.3. The second-order valence-corrected chi connectivity index (χ2v) is 3.53. The lowest BCUT2D eigenvalue weighted by Gasteiger charge is -2.05. The molecule has 1 aromatic carbocycles. The number of benzene rings is 1. The lowest BCUT2D eigenvalue weighted by Crippen LogP contribution is -2.07. The normalized spacial score (nSPS) is 10.3. The van der Waals surface area contributed by atoms with Crippen molar-refractivity contribution < 1.29 is 9.90 Å². The molecule has 1 N–H and O–H groups in total. The molecule has 0 fully saturated rings. The van der Waals surface area contributed by atoms with E-state index in [1.165, 1.54) is 6.33 Å². The third kappa shape index (κ3) is 2.08. The molecule has 0 atom stereocenters. The van der Waals surface area contributed by atoms with Crippen molar-refractivity contribution in [2.45, 2.75) is 13.3 Å². The first-order chi connectivity index (χ1) is 7.66. The van der Waals surface area contributed by atoms with E-state index >= 15 is 0 Å². The molecular weight excluding hydrogens is 206 g/mol. The van der Waals surface area contributed by atoms with Gasteiger partial charge >= 0.3 is 5.97 Å². The van der Waals surface area contributed by atoms with Crippen molar-refractivity contribution in [2.24, 2.45) is 0 Å². The number of rotatable bonds is 3. The standard InChI is InChI=1S/C11H11N3O2/c1-8-3-2-4-9(5-8)14-7-12-13-10(14)6-11(15)16/h2-5,7H,6H2,1H3,(H,15,16). The Kier molecular flexibility index (Phi) is 2.68. The van der Waals surface area contributed by atoms with Gasteiger partial charge in [-0.25, -0.2) is 0 Å². The van der Waals surface area contributed by atoms with E-state index in [0.29, 0.717) is 5.82 Å². The Morgan fingerprint density at radius 2 is 2.31 bits per heavy atom. The van der Waals surface area contributed by atoms with Crippen LogP contribution in [0.25, 0.3) is 5.69 Å². The summed E-state index contributed by atoms with van der Waals surface area (Å²) in [7, 11) is 0. The highest BCUT2D eigenvalue weighted by Crippen LogP contribution is 2.11. The Hall–Kier alpha value is -2.17. The van der Waals surface area contributed by atoms with Gasteiger partial charge in [-0.2, -0.15) is 0 Å². The fourth-order valence-electron chi connectivity index (χ4n) is 1.51. The highest BCUT2D eigenvalue weighted by atomic mass is 16.4. The van der Waals surface area contributed by atoms with Gasteiger partial charge in [0.1, 0.15) is 18.6 Å². The fraction of sp³-hybridized carbons (Fsp3) is 0.182. The van der Waals surface area contributed by atoms with Crippen LogP contribution in [0, 0.1) is 6.92 Å². The zero-order valence-corrected chi connectivity index (χ0v) is 8.79. The van der Waals surface area contributed by atoms with E-state index < -0.39 is 5.97 Å². The van der Waals surface area contributed by atoms with Gasteiger partial charge in [-0.3, -0.25) is 9.36 Å². The molecule has 0 saturated heterocycles. The molecule has 0 radical (unpaired) electrons. The van der Waals surface area contributed by atoms with E-state index in [1.54, 1.807) is 4.57 Å². The molecule has 0 aliphatic rings. The van der Waals surface area contributed by atoms with Crippen LogP contribution in [-0.2, 0) is 11.2 Å². The molecule has 82 valence electrons. The number of aromatic nitrogens is 3. The van der Waals surface area contributed by atoms with Gasteiger partial charge in [-0.15, -0.1) is 10.2 Å². The number of aliphatic carboxylic acids is 1. The number of carboxylic acid groups (broad SMARTS) is 1. The van der Waals surface area contributed by atoms with E-state index in [0.717, 1.165) is 11.3 Å². The third-order valence-electron chi connectivity index (χ3n) is 2.21. The van der Waals surface area contributed by atoms with Crippen LogP contribution in [0.2, 0.25) is 0 Å². The van der Waals surface area contributed by atoms with Crippen LogP contribution in [0.4, 0.5) is 0 Å². The number of carbonyl (C=O) groups is 1. The van der Waals surface area contributed by atoms with Crippen LogP contribution < -0.4 is 0 Å². The zero-order valence-electron chi connectivity index (χ0n) is 8.79. The molecule has 0 saturated carbocycles. The molecule has 0 aliphatic carbocycles.